The molecule has 0 aliphatic carbocycles. The van der Waals surface area contributed by atoms with E-state index >= 15 is 0 Å². The van der Waals surface area contributed by atoms with Crippen molar-refractivity contribution in [2.75, 3.05) is 26.9 Å². The largest absolute Gasteiger partial charge is 0.399 e. The molecule has 6 heteroatoms. The molecule has 1 rings (SSSR count). The molecule has 0 radical (unpaired) electrons. The van der Waals surface area contributed by atoms with E-state index in [0.29, 0.717) is 19.3 Å². The van der Waals surface area contributed by atoms with Crippen molar-refractivity contribution in [2.45, 2.75) is 51.4 Å². The maximum atomic E-state index is 5.80. The second-order valence-corrected chi connectivity index (χ2v) is 5.86. The van der Waals surface area contributed by atoms with Crippen LogP contribution in [-0.2, 0) is 23.4 Å². The summed E-state index contributed by atoms with van der Waals surface area (Å²) in [6.45, 7) is 6.19. The first-order chi connectivity index (χ1) is 8.76. The topological polar surface area (TPSA) is 49.5 Å². The van der Waals surface area contributed by atoms with Crippen molar-refractivity contribution in [3.8, 4) is 0 Å². The molecule has 0 aromatic heterocycles. The van der Waals surface area contributed by atoms with E-state index in [-0.39, 0.29) is 12.6 Å². The molecule has 0 amide bonds. The summed E-state index contributed by atoms with van der Waals surface area (Å²) in [4.78, 5) is 0. The summed E-state index contributed by atoms with van der Waals surface area (Å²) in [6, 6.07) is 1.18. The molecule has 18 heavy (non-hydrogen) atoms. The summed E-state index contributed by atoms with van der Waals surface area (Å²) in [5.41, 5.74) is 0. The maximum absolute atomic E-state index is 5.80. The standard InChI is InChI=1S/C12H26O5Si/c1-4-7-18-17-12(16-10(2)13-3)5-6-14-8-11-9-15-11/h10-12H,4-9,18H2,1-3H3. The van der Waals surface area contributed by atoms with Gasteiger partial charge in [0.1, 0.15) is 6.10 Å². The fraction of sp³-hybridized carbons (Fsp3) is 1.00. The Kier molecular flexibility index (Phi) is 8.82. The molecule has 5 nitrogen and oxygen atoms in total. The summed E-state index contributed by atoms with van der Waals surface area (Å²) in [5.74, 6) is 0. The minimum atomic E-state index is -0.485. The van der Waals surface area contributed by atoms with Crippen LogP contribution in [0.1, 0.15) is 26.7 Å². The van der Waals surface area contributed by atoms with Gasteiger partial charge in [-0.15, -0.1) is 0 Å². The monoisotopic (exact) mass is 278 g/mol. The van der Waals surface area contributed by atoms with Gasteiger partial charge in [0.25, 0.3) is 0 Å². The van der Waals surface area contributed by atoms with Crippen LogP contribution in [-0.4, -0.2) is 55.4 Å². The molecule has 1 heterocycles. The van der Waals surface area contributed by atoms with Gasteiger partial charge in [-0.25, -0.2) is 0 Å². The third kappa shape index (κ3) is 8.18. The van der Waals surface area contributed by atoms with Gasteiger partial charge in [-0.3, -0.25) is 0 Å². The van der Waals surface area contributed by atoms with E-state index in [0.717, 1.165) is 13.0 Å². The fourth-order valence-electron chi connectivity index (χ4n) is 1.38. The average molecular weight is 278 g/mol. The molecule has 0 N–H and O–H groups in total. The predicted molar refractivity (Wildman–Crippen MR) is 71.2 cm³/mol. The van der Waals surface area contributed by atoms with Gasteiger partial charge in [-0.05, 0) is 13.0 Å². The molecule has 3 unspecified atom stereocenters. The van der Waals surface area contributed by atoms with Gasteiger partial charge in [-0.1, -0.05) is 13.3 Å². The van der Waals surface area contributed by atoms with Gasteiger partial charge in [-0.2, -0.15) is 0 Å². The predicted octanol–water partition coefficient (Wildman–Crippen LogP) is 1.06. The van der Waals surface area contributed by atoms with Gasteiger partial charge in [0, 0.05) is 13.5 Å². The molecule has 3 atom stereocenters. The molecule has 0 aromatic carbocycles. The van der Waals surface area contributed by atoms with Crippen LogP contribution in [0.25, 0.3) is 0 Å². The first-order valence-electron chi connectivity index (χ1n) is 6.75. The molecular weight excluding hydrogens is 252 g/mol. The quantitative estimate of drug-likeness (QED) is 0.231. The first kappa shape index (κ1) is 16.1. The highest BCUT2D eigenvalue weighted by Gasteiger charge is 2.22. The number of rotatable bonds is 12. The SMILES string of the molecule is CCC[SiH2]OC(CCOCC1CO1)OC(C)OC. The van der Waals surface area contributed by atoms with E-state index in [2.05, 4.69) is 6.92 Å². The van der Waals surface area contributed by atoms with Gasteiger partial charge in [0.05, 0.1) is 19.8 Å². The molecule has 1 fully saturated rings. The second kappa shape index (κ2) is 9.88. The van der Waals surface area contributed by atoms with Crippen LogP contribution in [0.15, 0.2) is 0 Å². The zero-order chi connectivity index (χ0) is 13.2. The van der Waals surface area contributed by atoms with E-state index in [1.807, 2.05) is 6.92 Å². The van der Waals surface area contributed by atoms with Crippen LogP contribution >= 0.6 is 0 Å². The van der Waals surface area contributed by atoms with Crippen molar-refractivity contribution in [1.82, 2.24) is 0 Å². The van der Waals surface area contributed by atoms with Gasteiger partial charge in [0.2, 0.25) is 0 Å². The lowest BCUT2D eigenvalue weighted by molar-refractivity contribution is -0.206. The van der Waals surface area contributed by atoms with Crippen LogP contribution < -0.4 is 0 Å². The number of hydrogen-bond donors (Lipinski definition) is 0. The van der Waals surface area contributed by atoms with Crippen molar-refractivity contribution in [3.05, 3.63) is 0 Å². The summed E-state index contributed by atoms with van der Waals surface area (Å²) in [7, 11) is 1.15. The van der Waals surface area contributed by atoms with Crippen LogP contribution in [0, 0.1) is 0 Å². The van der Waals surface area contributed by atoms with Crippen LogP contribution in [0.5, 0.6) is 0 Å². The Morgan fingerprint density at radius 1 is 1.44 bits per heavy atom. The maximum Gasteiger partial charge on any atom is 0.165 e. The Morgan fingerprint density at radius 3 is 2.83 bits per heavy atom. The molecular formula is C12H26O5Si. The highest BCUT2D eigenvalue weighted by Crippen LogP contribution is 2.10. The zero-order valence-corrected chi connectivity index (χ0v) is 13.1. The molecule has 1 aliphatic heterocycles. The summed E-state index contributed by atoms with van der Waals surface area (Å²) in [5, 5.41) is 0. The third-order valence-electron chi connectivity index (χ3n) is 2.68. The second-order valence-electron chi connectivity index (χ2n) is 4.41. The Bertz CT molecular complexity index is 201. The lowest BCUT2D eigenvalue weighted by Crippen LogP contribution is -2.27. The number of ether oxygens (including phenoxy) is 4. The molecule has 0 bridgehead atoms. The first-order valence-corrected chi connectivity index (χ1v) is 8.33. The van der Waals surface area contributed by atoms with E-state index in [1.165, 1.54) is 12.5 Å². The van der Waals surface area contributed by atoms with Crippen molar-refractivity contribution in [1.29, 1.82) is 0 Å². The summed E-state index contributed by atoms with van der Waals surface area (Å²) in [6.07, 6.45) is 1.80. The van der Waals surface area contributed by atoms with Crippen LogP contribution in [0.2, 0.25) is 6.04 Å². The smallest absolute Gasteiger partial charge is 0.165 e. The lowest BCUT2D eigenvalue weighted by Gasteiger charge is -2.22. The molecule has 108 valence electrons. The van der Waals surface area contributed by atoms with Crippen LogP contribution in [0.3, 0.4) is 0 Å². The molecule has 1 saturated heterocycles. The fourth-order valence-corrected chi connectivity index (χ4v) is 2.34. The Morgan fingerprint density at radius 2 is 2.22 bits per heavy atom. The molecule has 0 spiro atoms. The number of epoxide rings is 1. The normalized spacial score (nSPS) is 22.5. The zero-order valence-electron chi connectivity index (χ0n) is 11.7. The van der Waals surface area contributed by atoms with Crippen molar-refractivity contribution in [2.24, 2.45) is 0 Å². The summed E-state index contributed by atoms with van der Waals surface area (Å²) >= 11 is 0. The lowest BCUT2D eigenvalue weighted by atomic mass is 10.4. The van der Waals surface area contributed by atoms with Crippen molar-refractivity contribution in [3.63, 3.8) is 0 Å². The van der Waals surface area contributed by atoms with Gasteiger partial charge < -0.3 is 23.4 Å². The van der Waals surface area contributed by atoms with Crippen molar-refractivity contribution >= 4 is 9.76 Å². The minimum Gasteiger partial charge on any atom is -0.399 e. The molecule has 0 saturated carbocycles. The highest BCUT2D eigenvalue weighted by atomic mass is 28.2. The molecule has 1 aliphatic rings. The van der Waals surface area contributed by atoms with Crippen molar-refractivity contribution < 1.29 is 23.4 Å². The van der Waals surface area contributed by atoms with E-state index in [9.17, 15) is 0 Å². The summed E-state index contributed by atoms with van der Waals surface area (Å²) < 4.78 is 27.1. The Labute approximate surface area is 112 Å². The van der Waals surface area contributed by atoms with E-state index in [1.54, 1.807) is 7.11 Å². The third-order valence-corrected chi connectivity index (χ3v) is 4.28. The van der Waals surface area contributed by atoms with E-state index < -0.39 is 9.76 Å². The number of hydrogen-bond acceptors (Lipinski definition) is 5. The highest BCUT2D eigenvalue weighted by molar-refractivity contribution is 6.27. The number of methoxy groups -OCH3 is 1. The van der Waals surface area contributed by atoms with Crippen LogP contribution in [0.4, 0.5) is 0 Å². The minimum absolute atomic E-state index is 0.196. The average Bonchev–Trinajstić information content (AvgIpc) is 3.18. The van der Waals surface area contributed by atoms with Gasteiger partial charge in [0.15, 0.2) is 22.3 Å². The molecule has 0 aromatic rings. The Balaban J connectivity index is 2.10. The Hall–Kier alpha value is 0.0169. The van der Waals surface area contributed by atoms with E-state index in [4.69, 9.17) is 23.4 Å². The van der Waals surface area contributed by atoms with Gasteiger partial charge >= 0.3 is 0 Å².